The number of nitrogens with one attached hydrogen (secondary N) is 1. The number of ketones is 1. The molecule has 0 aliphatic carbocycles. The molecule has 1 aromatic carbocycles. The third-order valence-corrected chi connectivity index (χ3v) is 5.44. The number of hydrogen-bond donors (Lipinski definition) is 1. The number of benzene rings is 1. The summed E-state index contributed by atoms with van der Waals surface area (Å²) in [4.78, 5) is 26.7. The number of Topliss-reactive ketones (excluding diaryl/α,β-unsaturated/α-hetero) is 1. The molecule has 4 heteroatoms. The van der Waals surface area contributed by atoms with Crippen LogP contribution in [0.25, 0.3) is 0 Å². The van der Waals surface area contributed by atoms with Gasteiger partial charge < -0.3 is 5.32 Å². The summed E-state index contributed by atoms with van der Waals surface area (Å²) >= 11 is 0. The fourth-order valence-corrected chi connectivity index (χ4v) is 3.23. The summed E-state index contributed by atoms with van der Waals surface area (Å²) < 4.78 is 0. The summed E-state index contributed by atoms with van der Waals surface area (Å²) in [5.74, 6) is 0.820. The maximum absolute atomic E-state index is 12.2. The molecule has 1 amide bonds. The third kappa shape index (κ3) is 5.96. The van der Waals surface area contributed by atoms with E-state index in [0.717, 1.165) is 24.6 Å². The van der Waals surface area contributed by atoms with E-state index in [1.165, 1.54) is 18.4 Å². The van der Waals surface area contributed by atoms with Gasteiger partial charge in [0.1, 0.15) is 0 Å². The summed E-state index contributed by atoms with van der Waals surface area (Å²) in [6, 6.07) is 6.08. The van der Waals surface area contributed by atoms with Gasteiger partial charge in [-0.3, -0.25) is 14.5 Å². The van der Waals surface area contributed by atoms with Crippen molar-refractivity contribution >= 4 is 11.7 Å². The van der Waals surface area contributed by atoms with Crippen LogP contribution in [0.3, 0.4) is 0 Å². The van der Waals surface area contributed by atoms with E-state index in [0.29, 0.717) is 18.2 Å². The lowest BCUT2D eigenvalue weighted by Gasteiger charge is -2.35. The van der Waals surface area contributed by atoms with Gasteiger partial charge in [-0.05, 0) is 69.8 Å². The number of aryl methyl sites for hydroxylation is 2. The number of carbonyl (C=O) groups is 2. The van der Waals surface area contributed by atoms with E-state index in [9.17, 15) is 9.59 Å². The van der Waals surface area contributed by atoms with Crippen LogP contribution in [0.4, 0.5) is 0 Å². The maximum atomic E-state index is 12.2. The third-order valence-electron chi connectivity index (χ3n) is 5.44. The van der Waals surface area contributed by atoms with E-state index >= 15 is 0 Å². The molecule has 1 heterocycles. The van der Waals surface area contributed by atoms with E-state index in [1.807, 2.05) is 32.0 Å². The SMILES string of the molecule is Cc1ccc(C(=O)CCC(=O)NCC(C)N2CCC(C)CC2)cc1C. The Balaban J connectivity index is 1.71. The molecule has 1 aromatic rings. The van der Waals surface area contributed by atoms with Gasteiger partial charge in [-0.15, -0.1) is 0 Å². The molecule has 25 heavy (non-hydrogen) atoms. The van der Waals surface area contributed by atoms with Crippen molar-refractivity contribution in [2.75, 3.05) is 19.6 Å². The second-order valence-electron chi connectivity index (χ2n) is 7.59. The van der Waals surface area contributed by atoms with Crippen LogP contribution in [-0.4, -0.2) is 42.3 Å². The van der Waals surface area contributed by atoms with Gasteiger partial charge in [0.05, 0.1) is 0 Å². The molecule has 0 spiro atoms. The lowest BCUT2D eigenvalue weighted by molar-refractivity contribution is -0.121. The van der Waals surface area contributed by atoms with Gasteiger partial charge in [0.25, 0.3) is 0 Å². The van der Waals surface area contributed by atoms with Crippen LogP contribution in [0.2, 0.25) is 0 Å². The molecule has 0 radical (unpaired) electrons. The number of hydrogen-bond acceptors (Lipinski definition) is 3. The predicted molar refractivity (Wildman–Crippen MR) is 102 cm³/mol. The highest BCUT2D eigenvalue weighted by Gasteiger charge is 2.20. The lowest BCUT2D eigenvalue weighted by Crippen LogP contribution is -2.45. The van der Waals surface area contributed by atoms with Crippen LogP contribution >= 0.6 is 0 Å². The average molecular weight is 344 g/mol. The van der Waals surface area contributed by atoms with Crippen LogP contribution in [0.1, 0.15) is 61.0 Å². The minimum Gasteiger partial charge on any atom is -0.355 e. The summed E-state index contributed by atoms with van der Waals surface area (Å²) in [6.07, 6.45) is 3.00. The zero-order valence-electron chi connectivity index (χ0n) is 16.1. The van der Waals surface area contributed by atoms with Gasteiger partial charge in [0.15, 0.2) is 5.78 Å². The van der Waals surface area contributed by atoms with Crippen molar-refractivity contribution in [2.24, 2.45) is 5.92 Å². The van der Waals surface area contributed by atoms with Gasteiger partial charge in [0, 0.05) is 31.0 Å². The summed E-state index contributed by atoms with van der Waals surface area (Å²) in [5.41, 5.74) is 2.99. The van der Waals surface area contributed by atoms with Crippen molar-refractivity contribution in [1.82, 2.24) is 10.2 Å². The topological polar surface area (TPSA) is 49.4 Å². The van der Waals surface area contributed by atoms with Gasteiger partial charge in [-0.2, -0.15) is 0 Å². The average Bonchev–Trinajstić information content (AvgIpc) is 2.60. The van der Waals surface area contributed by atoms with Crippen LogP contribution < -0.4 is 5.32 Å². The van der Waals surface area contributed by atoms with E-state index in [4.69, 9.17) is 0 Å². The number of likely N-dealkylation sites (tertiary alicyclic amines) is 1. The van der Waals surface area contributed by atoms with Crippen LogP contribution in [0, 0.1) is 19.8 Å². The molecule has 1 aliphatic heterocycles. The number of rotatable bonds is 7. The molecular formula is C21H32N2O2. The Morgan fingerprint density at radius 1 is 1.16 bits per heavy atom. The normalized spacial score (nSPS) is 17.3. The fraction of sp³-hybridized carbons (Fsp3) is 0.619. The highest BCUT2D eigenvalue weighted by molar-refractivity contribution is 5.98. The molecule has 2 rings (SSSR count). The van der Waals surface area contributed by atoms with Crippen LogP contribution in [-0.2, 0) is 4.79 Å². The minimum atomic E-state index is -0.0330. The number of carbonyl (C=O) groups excluding carboxylic acids is 2. The highest BCUT2D eigenvalue weighted by Crippen LogP contribution is 2.17. The number of amides is 1. The van der Waals surface area contributed by atoms with Crippen molar-refractivity contribution in [3.63, 3.8) is 0 Å². The Morgan fingerprint density at radius 2 is 1.84 bits per heavy atom. The Labute approximate surface area is 152 Å². The molecule has 0 bridgehead atoms. The van der Waals surface area contributed by atoms with Crippen molar-refractivity contribution in [3.05, 3.63) is 34.9 Å². The van der Waals surface area contributed by atoms with Crippen molar-refractivity contribution in [2.45, 2.75) is 59.4 Å². The summed E-state index contributed by atoms with van der Waals surface area (Å²) in [7, 11) is 0. The molecule has 1 unspecified atom stereocenters. The molecule has 1 atom stereocenters. The van der Waals surface area contributed by atoms with E-state index in [2.05, 4.69) is 24.1 Å². The predicted octanol–water partition coefficient (Wildman–Crippen LogP) is 3.50. The maximum Gasteiger partial charge on any atom is 0.220 e. The van der Waals surface area contributed by atoms with Crippen molar-refractivity contribution in [3.8, 4) is 0 Å². The second-order valence-corrected chi connectivity index (χ2v) is 7.59. The largest absolute Gasteiger partial charge is 0.355 e. The van der Waals surface area contributed by atoms with Gasteiger partial charge >= 0.3 is 0 Å². The Hall–Kier alpha value is -1.68. The number of nitrogens with zero attached hydrogens (tertiary/aromatic N) is 1. The zero-order chi connectivity index (χ0) is 18.4. The smallest absolute Gasteiger partial charge is 0.220 e. The first-order valence-electron chi connectivity index (χ1n) is 9.48. The quantitative estimate of drug-likeness (QED) is 0.770. The van der Waals surface area contributed by atoms with E-state index in [-0.39, 0.29) is 24.5 Å². The first kappa shape index (κ1) is 19.6. The second kappa shape index (κ2) is 9.14. The van der Waals surface area contributed by atoms with Crippen LogP contribution in [0.15, 0.2) is 18.2 Å². The Bertz CT molecular complexity index is 604. The minimum absolute atomic E-state index is 0.0330. The van der Waals surface area contributed by atoms with E-state index in [1.54, 1.807) is 0 Å². The Morgan fingerprint density at radius 3 is 2.48 bits per heavy atom. The van der Waals surface area contributed by atoms with Gasteiger partial charge in [0.2, 0.25) is 5.91 Å². The van der Waals surface area contributed by atoms with Gasteiger partial charge in [-0.25, -0.2) is 0 Å². The number of piperidine rings is 1. The molecule has 4 nitrogen and oxygen atoms in total. The Kier molecular flexibility index (Phi) is 7.18. The monoisotopic (exact) mass is 344 g/mol. The molecule has 138 valence electrons. The van der Waals surface area contributed by atoms with Crippen molar-refractivity contribution < 1.29 is 9.59 Å². The molecule has 1 N–H and O–H groups in total. The molecular weight excluding hydrogens is 312 g/mol. The lowest BCUT2D eigenvalue weighted by atomic mass is 9.98. The fourth-order valence-electron chi connectivity index (χ4n) is 3.23. The first-order chi connectivity index (χ1) is 11.9. The zero-order valence-corrected chi connectivity index (χ0v) is 16.1. The summed E-state index contributed by atoms with van der Waals surface area (Å²) in [6.45, 7) is 11.4. The highest BCUT2D eigenvalue weighted by atomic mass is 16.2. The molecule has 1 aliphatic rings. The first-order valence-corrected chi connectivity index (χ1v) is 9.48. The molecule has 1 fully saturated rings. The molecule has 0 saturated carbocycles. The summed E-state index contributed by atoms with van der Waals surface area (Å²) in [5, 5.41) is 2.99. The van der Waals surface area contributed by atoms with Crippen molar-refractivity contribution in [1.29, 1.82) is 0 Å². The van der Waals surface area contributed by atoms with Crippen LogP contribution in [0.5, 0.6) is 0 Å². The molecule has 0 aromatic heterocycles. The van der Waals surface area contributed by atoms with E-state index < -0.39 is 0 Å². The standard InChI is InChI=1S/C21H32N2O2/c1-15-9-11-23(12-10-15)18(4)14-22-21(25)8-7-20(24)19-6-5-16(2)17(3)13-19/h5-6,13,15,18H,7-12,14H2,1-4H3,(H,22,25). The molecule has 1 saturated heterocycles. The van der Waals surface area contributed by atoms with Gasteiger partial charge in [-0.1, -0.05) is 19.1 Å².